The third-order valence-electron chi connectivity index (χ3n) is 9.53. The van der Waals surface area contributed by atoms with Gasteiger partial charge in [-0.25, -0.2) is 0 Å². The van der Waals surface area contributed by atoms with Crippen molar-refractivity contribution in [3.8, 4) is 0 Å². The van der Waals surface area contributed by atoms with Gasteiger partial charge < -0.3 is 23.1 Å². The zero-order valence-corrected chi connectivity index (χ0v) is 30.6. The Balaban J connectivity index is 3.30. The minimum atomic E-state index is -2.15. The van der Waals surface area contributed by atoms with Crippen LogP contribution in [0, 0.1) is 0 Å². The molecule has 0 spiro atoms. The minimum Gasteiger partial charge on any atom is -0.417 e. The average molecular weight is 587 g/mol. The first-order valence-corrected chi connectivity index (χ1v) is 23.2. The molecule has 8 heteroatoms. The number of hydrogen-bond donors (Lipinski definition) is 1. The van der Waals surface area contributed by atoms with E-state index in [2.05, 4.69) is 108 Å². The van der Waals surface area contributed by atoms with E-state index in [1.807, 2.05) is 6.08 Å². The highest BCUT2D eigenvalue weighted by atomic mass is 28.4. The molecular formula is C30H62O5Si3. The summed E-state index contributed by atoms with van der Waals surface area (Å²) < 4.78 is 27.2. The van der Waals surface area contributed by atoms with Crippen LogP contribution in [0.25, 0.3) is 0 Å². The van der Waals surface area contributed by atoms with Crippen molar-refractivity contribution < 1.29 is 23.1 Å². The topological polar surface area (TPSA) is 57.2 Å². The van der Waals surface area contributed by atoms with Crippen molar-refractivity contribution in [2.24, 2.45) is 0 Å². The van der Waals surface area contributed by atoms with Gasteiger partial charge in [0.2, 0.25) is 0 Å². The molecule has 0 aromatic carbocycles. The lowest BCUT2D eigenvalue weighted by Crippen LogP contribution is -2.57. The van der Waals surface area contributed by atoms with Crippen LogP contribution in [0.2, 0.25) is 54.4 Å². The summed E-state index contributed by atoms with van der Waals surface area (Å²) in [5, 5.41) is 10.1. The largest absolute Gasteiger partial charge is 0.417 e. The maximum atomic E-state index is 9.80. The van der Waals surface area contributed by atoms with Gasteiger partial charge in [-0.15, -0.1) is 0 Å². The Morgan fingerprint density at radius 1 is 0.789 bits per heavy atom. The van der Waals surface area contributed by atoms with Crippen LogP contribution in [0.5, 0.6) is 0 Å². The second-order valence-corrected chi connectivity index (χ2v) is 30.0. The Bertz CT molecular complexity index is 813. The zero-order chi connectivity index (χ0) is 30.0. The molecule has 5 nitrogen and oxygen atoms in total. The predicted octanol–water partition coefficient (Wildman–Crippen LogP) is 8.44. The van der Waals surface area contributed by atoms with Crippen LogP contribution < -0.4 is 0 Å². The molecule has 0 aromatic rings. The van der Waals surface area contributed by atoms with Crippen LogP contribution in [-0.4, -0.2) is 68.2 Å². The first-order chi connectivity index (χ1) is 16.9. The van der Waals surface area contributed by atoms with Gasteiger partial charge in [0, 0.05) is 19.6 Å². The third kappa shape index (κ3) is 9.23. The molecule has 1 rings (SSSR count). The first kappa shape index (κ1) is 36.0. The predicted molar refractivity (Wildman–Crippen MR) is 171 cm³/mol. The van der Waals surface area contributed by atoms with Gasteiger partial charge in [0.1, 0.15) is 6.10 Å². The standard InChI is InChI=1S/C30H62O5Si3/c1-23-24(18-19-31)22-25(34-37(13,14)29(5,6)7)27(26(23)35-38(15,16)30(8,9)10)32-20-17-21-33-36(11,12)28(2,3)4/h18,25-27,31H,1,17,19-22H2,2-16H3. The van der Waals surface area contributed by atoms with Gasteiger partial charge >= 0.3 is 0 Å². The van der Waals surface area contributed by atoms with Crippen molar-refractivity contribution in [1.29, 1.82) is 0 Å². The van der Waals surface area contributed by atoms with E-state index in [-0.39, 0.29) is 40.0 Å². The molecule has 3 atom stereocenters. The van der Waals surface area contributed by atoms with E-state index >= 15 is 0 Å². The second kappa shape index (κ2) is 12.8. The molecule has 3 unspecified atom stereocenters. The third-order valence-corrected chi connectivity index (χ3v) is 23.0. The molecule has 1 fully saturated rings. The summed E-state index contributed by atoms with van der Waals surface area (Å²) in [7, 11) is -6.04. The SMILES string of the molecule is C=C1C(=CCO)CC(O[Si](C)(C)C(C)(C)C)C(OCCCO[Si](C)(C)C(C)(C)C)C1O[Si](C)(C)C(C)(C)C. The van der Waals surface area contributed by atoms with Gasteiger partial charge in [0.15, 0.2) is 25.0 Å². The molecule has 0 amide bonds. The second-order valence-electron chi connectivity index (χ2n) is 15.7. The summed E-state index contributed by atoms with van der Waals surface area (Å²) in [6.07, 6.45) is 2.65. The fraction of sp³-hybridized carbons (Fsp3) is 0.867. The number of ether oxygens (including phenoxy) is 1. The summed E-state index contributed by atoms with van der Waals surface area (Å²) in [6, 6.07) is 0. The van der Waals surface area contributed by atoms with Crippen molar-refractivity contribution in [2.45, 2.75) is 148 Å². The van der Waals surface area contributed by atoms with Crippen LogP contribution in [-0.2, 0) is 18.0 Å². The maximum Gasteiger partial charge on any atom is 0.193 e. The lowest BCUT2D eigenvalue weighted by molar-refractivity contribution is -0.0880. The fourth-order valence-corrected chi connectivity index (χ4v) is 7.36. The van der Waals surface area contributed by atoms with E-state index in [1.165, 1.54) is 0 Å². The first-order valence-electron chi connectivity index (χ1n) is 14.5. The van der Waals surface area contributed by atoms with Gasteiger partial charge in [-0.2, -0.15) is 0 Å². The van der Waals surface area contributed by atoms with Crippen LogP contribution in [0.3, 0.4) is 0 Å². The van der Waals surface area contributed by atoms with Crippen molar-refractivity contribution >= 4 is 25.0 Å². The maximum absolute atomic E-state index is 9.80. The Labute approximate surface area is 239 Å². The number of aliphatic hydroxyl groups is 1. The van der Waals surface area contributed by atoms with E-state index in [0.717, 1.165) is 17.6 Å². The van der Waals surface area contributed by atoms with Crippen LogP contribution in [0.1, 0.15) is 75.2 Å². The van der Waals surface area contributed by atoms with Crippen LogP contribution in [0.15, 0.2) is 23.8 Å². The Morgan fingerprint density at radius 2 is 1.26 bits per heavy atom. The van der Waals surface area contributed by atoms with Gasteiger partial charge in [0.05, 0.1) is 18.8 Å². The molecular weight excluding hydrogens is 525 g/mol. The Kier molecular flexibility index (Phi) is 12.2. The van der Waals surface area contributed by atoms with Gasteiger partial charge in [-0.1, -0.05) is 75.0 Å². The number of aliphatic hydroxyl groups excluding tert-OH is 1. The molecule has 0 saturated heterocycles. The fourth-order valence-electron chi connectivity index (χ4n) is 3.68. The quantitative estimate of drug-likeness (QED) is 0.194. The van der Waals surface area contributed by atoms with Crippen molar-refractivity contribution in [3.63, 3.8) is 0 Å². The van der Waals surface area contributed by atoms with E-state index in [1.54, 1.807) is 0 Å². The lowest BCUT2D eigenvalue weighted by Gasteiger charge is -2.49. The van der Waals surface area contributed by atoms with E-state index in [9.17, 15) is 5.11 Å². The van der Waals surface area contributed by atoms with Crippen LogP contribution >= 0.6 is 0 Å². The van der Waals surface area contributed by atoms with E-state index in [4.69, 9.17) is 18.0 Å². The van der Waals surface area contributed by atoms with Crippen molar-refractivity contribution in [2.75, 3.05) is 19.8 Å². The summed E-state index contributed by atoms with van der Waals surface area (Å²) in [4.78, 5) is 0. The molecule has 38 heavy (non-hydrogen) atoms. The highest BCUT2D eigenvalue weighted by molar-refractivity contribution is 6.75. The highest BCUT2D eigenvalue weighted by Crippen LogP contribution is 2.45. The number of rotatable bonds is 11. The van der Waals surface area contributed by atoms with Crippen molar-refractivity contribution in [1.82, 2.24) is 0 Å². The zero-order valence-electron chi connectivity index (χ0n) is 27.6. The van der Waals surface area contributed by atoms with Gasteiger partial charge in [-0.05, 0) is 72.0 Å². The Hall–Kier alpha value is -0.0694. The van der Waals surface area contributed by atoms with Gasteiger partial charge in [-0.3, -0.25) is 0 Å². The van der Waals surface area contributed by atoms with Crippen molar-refractivity contribution in [3.05, 3.63) is 23.8 Å². The van der Waals surface area contributed by atoms with E-state index in [0.29, 0.717) is 19.6 Å². The molecule has 0 heterocycles. The average Bonchev–Trinajstić information content (AvgIpc) is 2.70. The normalized spacial score (nSPS) is 23.8. The summed E-state index contributed by atoms with van der Waals surface area (Å²) in [5.41, 5.74) is 1.95. The molecule has 1 aliphatic carbocycles. The molecule has 0 bridgehead atoms. The molecule has 1 N–H and O–H groups in total. The summed E-state index contributed by atoms with van der Waals surface area (Å²) in [6.45, 7) is 39.8. The van der Waals surface area contributed by atoms with E-state index < -0.39 is 25.0 Å². The minimum absolute atomic E-state index is 0.0235. The monoisotopic (exact) mass is 586 g/mol. The summed E-state index contributed by atoms with van der Waals surface area (Å²) >= 11 is 0. The number of hydrogen-bond acceptors (Lipinski definition) is 5. The molecule has 0 aromatic heterocycles. The smallest absolute Gasteiger partial charge is 0.193 e. The van der Waals surface area contributed by atoms with Gasteiger partial charge in [0.25, 0.3) is 0 Å². The molecule has 0 radical (unpaired) electrons. The molecule has 0 aliphatic heterocycles. The lowest BCUT2D eigenvalue weighted by atomic mass is 9.84. The Morgan fingerprint density at radius 3 is 1.71 bits per heavy atom. The van der Waals surface area contributed by atoms with Crippen LogP contribution in [0.4, 0.5) is 0 Å². The summed E-state index contributed by atoms with van der Waals surface area (Å²) in [5.74, 6) is 0. The molecule has 224 valence electrons. The molecule has 1 aliphatic rings. The molecule has 1 saturated carbocycles. The highest BCUT2D eigenvalue weighted by Gasteiger charge is 2.49.